The maximum absolute atomic E-state index is 5.69. The molecule has 0 amide bonds. The van der Waals surface area contributed by atoms with Gasteiger partial charge in [0.1, 0.15) is 5.75 Å². The Kier molecular flexibility index (Phi) is 6.98. The molecular formula is C29H36N2O. The molecule has 0 spiro atoms. The van der Waals surface area contributed by atoms with Crippen LogP contribution in [-0.4, -0.2) is 25.7 Å². The molecule has 1 heterocycles. The molecule has 0 radical (unpaired) electrons. The lowest BCUT2D eigenvalue weighted by Crippen LogP contribution is -2.44. The third-order valence-electron chi connectivity index (χ3n) is 6.65. The highest BCUT2D eigenvalue weighted by Gasteiger charge is 2.35. The molecule has 1 aliphatic rings. The van der Waals surface area contributed by atoms with E-state index in [1.165, 1.54) is 22.3 Å². The van der Waals surface area contributed by atoms with Gasteiger partial charge in [-0.3, -0.25) is 0 Å². The molecule has 1 aliphatic heterocycles. The van der Waals surface area contributed by atoms with Gasteiger partial charge >= 0.3 is 0 Å². The Morgan fingerprint density at radius 3 is 2.12 bits per heavy atom. The average Bonchev–Trinajstić information content (AvgIpc) is 3.26. The number of hydrogen-bond acceptors (Lipinski definition) is 3. The van der Waals surface area contributed by atoms with Crippen LogP contribution in [0.5, 0.6) is 5.75 Å². The van der Waals surface area contributed by atoms with Gasteiger partial charge in [0.15, 0.2) is 0 Å². The van der Waals surface area contributed by atoms with Crippen LogP contribution in [0.2, 0.25) is 0 Å². The van der Waals surface area contributed by atoms with Crippen LogP contribution >= 0.6 is 0 Å². The summed E-state index contributed by atoms with van der Waals surface area (Å²) in [7, 11) is 1.76. The van der Waals surface area contributed by atoms with Gasteiger partial charge in [0, 0.05) is 30.1 Å². The van der Waals surface area contributed by atoms with E-state index in [4.69, 9.17) is 4.74 Å². The van der Waals surface area contributed by atoms with Gasteiger partial charge in [-0.1, -0.05) is 93.6 Å². The molecule has 0 saturated carbocycles. The molecule has 0 aromatic heterocycles. The van der Waals surface area contributed by atoms with Crippen LogP contribution in [0.4, 0.5) is 0 Å². The van der Waals surface area contributed by atoms with Gasteiger partial charge < -0.3 is 15.4 Å². The Bertz CT molecular complexity index is 955. The fourth-order valence-corrected chi connectivity index (χ4v) is 4.86. The lowest BCUT2D eigenvalue weighted by Gasteiger charge is -2.31. The maximum atomic E-state index is 5.69. The predicted octanol–water partition coefficient (Wildman–Crippen LogP) is 5.64. The summed E-state index contributed by atoms with van der Waals surface area (Å²) in [5.74, 6) is 1.26. The Balaban J connectivity index is 1.58. The topological polar surface area (TPSA) is 33.3 Å². The van der Waals surface area contributed by atoms with E-state index in [0.29, 0.717) is 18.0 Å². The van der Waals surface area contributed by atoms with Crippen molar-refractivity contribution in [2.75, 3.05) is 13.7 Å². The molecule has 0 bridgehead atoms. The lowest BCUT2D eigenvalue weighted by molar-refractivity contribution is 0.393. The normalized spacial score (nSPS) is 18.8. The van der Waals surface area contributed by atoms with Gasteiger partial charge in [0.05, 0.1) is 7.11 Å². The minimum Gasteiger partial charge on any atom is -0.496 e. The number of methoxy groups -OCH3 is 1. The van der Waals surface area contributed by atoms with Crippen LogP contribution in [0.15, 0.2) is 78.9 Å². The van der Waals surface area contributed by atoms with Crippen LogP contribution in [-0.2, 0) is 12.0 Å². The van der Waals surface area contributed by atoms with E-state index >= 15 is 0 Å². The van der Waals surface area contributed by atoms with Crippen LogP contribution in [0, 0.1) is 0 Å². The molecule has 4 rings (SSSR count). The Hall–Kier alpha value is -2.62. The Labute approximate surface area is 193 Å². The summed E-state index contributed by atoms with van der Waals surface area (Å²) < 4.78 is 5.69. The van der Waals surface area contributed by atoms with Crippen molar-refractivity contribution in [3.63, 3.8) is 0 Å². The first-order valence-corrected chi connectivity index (χ1v) is 11.7. The Morgan fingerprint density at radius 1 is 0.938 bits per heavy atom. The van der Waals surface area contributed by atoms with Crippen molar-refractivity contribution in [2.24, 2.45) is 0 Å². The molecular weight excluding hydrogens is 392 g/mol. The van der Waals surface area contributed by atoms with Gasteiger partial charge in [0.2, 0.25) is 0 Å². The van der Waals surface area contributed by atoms with Crippen molar-refractivity contribution < 1.29 is 4.74 Å². The lowest BCUT2D eigenvalue weighted by atomic mass is 9.82. The first-order valence-electron chi connectivity index (χ1n) is 11.7. The van der Waals surface area contributed by atoms with Crippen LogP contribution in [0.25, 0.3) is 0 Å². The first-order chi connectivity index (χ1) is 15.5. The molecule has 0 unspecified atom stereocenters. The zero-order valence-corrected chi connectivity index (χ0v) is 19.8. The Morgan fingerprint density at radius 2 is 1.56 bits per heavy atom. The zero-order valence-electron chi connectivity index (χ0n) is 19.8. The van der Waals surface area contributed by atoms with Crippen LogP contribution in [0.3, 0.4) is 0 Å². The molecule has 3 aromatic rings. The average molecular weight is 429 g/mol. The third-order valence-corrected chi connectivity index (χ3v) is 6.65. The molecule has 3 heteroatoms. The maximum Gasteiger partial charge on any atom is 0.123 e. The van der Waals surface area contributed by atoms with Gasteiger partial charge in [0.25, 0.3) is 0 Å². The summed E-state index contributed by atoms with van der Waals surface area (Å²) in [5.41, 5.74) is 5.39. The SMILES string of the molecule is COc1ccc(C(C)(C)C)cc1CN[C@H]1CCN[C@H]1C(c1ccccc1)c1ccccc1. The number of rotatable bonds is 7. The van der Waals surface area contributed by atoms with Crippen LogP contribution in [0.1, 0.15) is 55.4 Å². The van der Waals surface area contributed by atoms with Gasteiger partial charge in [-0.15, -0.1) is 0 Å². The fourth-order valence-electron chi connectivity index (χ4n) is 4.86. The minimum atomic E-state index is 0.115. The second kappa shape index (κ2) is 9.89. The molecule has 1 fully saturated rings. The highest BCUT2D eigenvalue weighted by Crippen LogP contribution is 2.33. The quantitative estimate of drug-likeness (QED) is 0.511. The van der Waals surface area contributed by atoms with E-state index in [1.807, 2.05) is 0 Å². The predicted molar refractivity (Wildman–Crippen MR) is 133 cm³/mol. The number of nitrogens with one attached hydrogen (secondary N) is 2. The molecule has 0 aliphatic carbocycles. The first kappa shape index (κ1) is 22.6. The van der Waals surface area contributed by atoms with E-state index < -0.39 is 0 Å². The summed E-state index contributed by atoms with van der Waals surface area (Å²) >= 11 is 0. The van der Waals surface area contributed by atoms with Gasteiger partial charge in [-0.05, 0) is 41.1 Å². The van der Waals surface area contributed by atoms with Crippen molar-refractivity contribution in [2.45, 2.75) is 57.2 Å². The van der Waals surface area contributed by atoms with Crippen molar-refractivity contribution in [3.8, 4) is 5.75 Å². The number of benzene rings is 3. The smallest absolute Gasteiger partial charge is 0.123 e. The molecule has 2 N–H and O–H groups in total. The second-order valence-corrected chi connectivity index (χ2v) is 9.83. The molecule has 3 nitrogen and oxygen atoms in total. The van der Waals surface area contributed by atoms with Crippen molar-refractivity contribution >= 4 is 0 Å². The van der Waals surface area contributed by atoms with Gasteiger partial charge in [-0.2, -0.15) is 0 Å². The van der Waals surface area contributed by atoms with Crippen molar-refractivity contribution in [3.05, 3.63) is 101 Å². The largest absolute Gasteiger partial charge is 0.496 e. The van der Waals surface area contributed by atoms with Gasteiger partial charge in [-0.25, -0.2) is 0 Å². The minimum absolute atomic E-state index is 0.115. The molecule has 1 saturated heterocycles. The summed E-state index contributed by atoms with van der Waals surface area (Å²) in [4.78, 5) is 0. The van der Waals surface area contributed by atoms with E-state index in [2.05, 4.69) is 110 Å². The molecule has 2 atom stereocenters. The second-order valence-electron chi connectivity index (χ2n) is 9.83. The standard InChI is InChI=1S/C29H36N2O/c1-29(2,3)24-15-16-26(32-4)23(19-24)20-31-25-17-18-30-28(25)27(21-11-7-5-8-12-21)22-13-9-6-10-14-22/h5-16,19,25,27-28,30-31H,17-18,20H2,1-4H3/t25-,28+/m0/s1. The van der Waals surface area contributed by atoms with E-state index in [1.54, 1.807) is 7.11 Å². The number of ether oxygens (including phenoxy) is 1. The fraction of sp³-hybridized carbons (Fsp3) is 0.379. The van der Waals surface area contributed by atoms with E-state index in [9.17, 15) is 0 Å². The highest BCUT2D eigenvalue weighted by atomic mass is 16.5. The number of hydrogen-bond donors (Lipinski definition) is 2. The van der Waals surface area contributed by atoms with E-state index in [0.717, 1.165) is 25.3 Å². The van der Waals surface area contributed by atoms with Crippen molar-refractivity contribution in [1.29, 1.82) is 0 Å². The zero-order chi connectivity index (χ0) is 22.6. The monoisotopic (exact) mass is 428 g/mol. The van der Waals surface area contributed by atoms with E-state index in [-0.39, 0.29) is 5.41 Å². The van der Waals surface area contributed by atoms with Crippen molar-refractivity contribution in [1.82, 2.24) is 10.6 Å². The summed E-state index contributed by atoms with van der Waals surface area (Å²) in [5, 5.41) is 7.69. The molecule has 168 valence electrons. The third kappa shape index (κ3) is 5.06. The summed E-state index contributed by atoms with van der Waals surface area (Å²) in [6, 6.07) is 29.1. The summed E-state index contributed by atoms with van der Waals surface area (Å²) in [6.07, 6.45) is 1.11. The molecule has 3 aromatic carbocycles. The summed E-state index contributed by atoms with van der Waals surface area (Å²) in [6.45, 7) is 8.59. The highest BCUT2D eigenvalue weighted by molar-refractivity contribution is 5.40. The molecule has 32 heavy (non-hydrogen) atoms. The van der Waals surface area contributed by atoms with Crippen LogP contribution < -0.4 is 15.4 Å².